The summed E-state index contributed by atoms with van der Waals surface area (Å²) in [5.74, 6) is -0.818. The third kappa shape index (κ3) is 11.1. The quantitative estimate of drug-likeness (QED) is 0.124. The maximum absolute atomic E-state index is 15.3. The van der Waals surface area contributed by atoms with Gasteiger partial charge in [0.15, 0.2) is 0 Å². The first-order valence-electron chi connectivity index (χ1n) is 20.2. The maximum Gasteiger partial charge on any atom is 0.268 e. The van der Waals surface area contributed by atoms with E-state index in [4.69, 9.17) is 50.0 Å². The van der Waals surface area contributed by atoms with Gasteiger partial charge in [-0.1, -0.05) is 66.4 Å². The Morgan fingerprint density at radius 2 is 1.62 bits per heavy atom. The minimum atomic E-state index is -4.52. The lowest BCUT2D eigenvalue weighted by Gasteiger charge is -2.39. The minimum absolute atomic E-state index is 0.0575. The van der Waals surface area contributed by atoms with Crippen molar-refractivity contribution in [1.29, 1.82) is 0 Å². The summed E-state index contributed by atoms with van der Waals surface area (Å²) in [5.41, 5.74) is 8.16. The number of nitrogens with two attached hydrogens (primary N) is 1. The van der Waals surface area contributed by atoms with Crippen molar-refractivity contribution in [2.75, 3.05) is 50.0 Å². The molecule has 12 nitrogen and oxygen atoms in total. The summed E-state index contributed by atoms with van der Waals surface area (Å²) < 4.78 is 56.2. The van der Waals surface area contributed by atoms with Crippen LogP contribution >= 0.6 is 34.8 Å². The number of rotatable bonds is 12. The molecule has 2 fully saturated rings. The number of aliphatic hydroxyl groups is 1. The number of anilines is 2. The molecular weight excluding hydrogens is 866 g/mol. The molecular formula is C44H50Cl3FN6O6S. The molecule has 1 aliphatic heterocycles. The van der Waals surface area contributed by atoms with Crippen LogP contribution in [0.2, 0.25) is 15.1 Å². The van der Waals surface area contributed by atoms with Crippen molar-refractivity contribution in [2.45, 2.75) is 81.9 Å². The van der Waals surface area contributed by atoms with Crippen LogP contribution in [0.3, 0.4) is 0 Å². The van der Waals surface area contributed by atoms with Crippen molar-refractivity contribution >= 4 is 67.8 Å². The largest absolute Gasteiger partial charge is 0.473 e. The van der Waals surface area contributed by atoms with Crippen molar-refractivity contribution in [2.24, 2.45) is 5.41 Å². The van der Waals surface area contributed by atoms with Gasteiger partial charge in [0.05, 0.1) is 28.6 Å². The summed E-state index contributed by atoms with van der Waals surface area (Å²) in [6.07, 6.45) is 6.21. The molecule has 1 saturated heterocycles. The van der Waals surface area contributed by atoms with E-state index in [9.17, 15) is 18.3 Å². The highest BCUT2D eigenvalue weighted by Crippen LogP contribution is 2.44. The Morgan fingerprint density at radius 1 is 0.918 bits per heavy atom. The number of carbonyl (C=O) groups excluding carboxylic acids is 1. The Kier molecular flexibility index (Phi) is 13.2. The molecule has 326 valence electrons. The van der Waals surface area contributed by atoms with Crippen molar-refractivity contribution in [3.05, 3.63) is 98.8 Å². The number of carbonyl (C=O) groups is 1. The van der Waals surface area contributed by atoms with Gasteiger partial charge < -0.3 is 25.2 Å². The Labute approximate surface area is 371 Å². The molecule has 4 N–H and O–H groups in total. The number of hydrogen-bond acceptors (Lipinski definition) is 11. The van der Waals surface area contributed by atoms with E-state index >= 15 is 4.39 Å². The zero-order valence-corrected chi connectivity index (χ0v) is 37.4. The average Bonchev–Trinajstić information content (AvgIpc) is 3.21. The molecule has 61 heavy (non-hydrogen) atoms. The third-order valence-electron chi connectivity index (χ3n) is 11.8. The predicted octanol–water partition coefficient (Wildman–Crippen LogP) is 9.13. The Hall–Kier alpha value is -4.18. The van der Waals surface area contributed by atoms with E-state index in [1.807, 2.05) is 12.1 Å². The van der Waals surface area contributed by atoms with Gasteiger partial charge in [-0.25, -0.2) is 27.5 Å². The number of aromatic nitrogens is 2. The van der Waals surface area contributed by atoms with E-state index in [1.54, 1.807) is 19.1 Å². The van der Waals surface area contributed by atoms with Crippen LogP contribution in [0.4, 0.5) is 15.9 Å². The van der Waals surface area contributed by atoms with Crippen molar-refractivity contribution in [3.8, 4) is 17.4 Å². The summed E-state index contributed by atoms with van der Waals surface area (Å²) in [7, 11) is -4.52. The summed E-state index contributed by atoms with van der Waals surface area (Å²) in [5, 5.41) is 10.9. The van der Waals surface area contributed by atoms with Crippen LogP contribution in [0.25, 0.3) is 5.57 Å². The first-order valence-corrected chi connectivity index (χ1v) is 22.8. The number of pyridine rings is 2. The average molecular weight is 916 g/mol. The van der Waals surface area contributed by atoms with Gasteiger partial charge in [-0.3, -0.25) is 9.69 Å². The van der Waals surface area contributed by atoms with E-state index < -0.39 is 32.1 Å². The number of sulfonamides is 1. The molecule has 3 aliphatic rings. The zero-order chi connectivity index (χ0) is 43.7. The second-order valence-electron chi connectivity index (χ2n) is 17.3. The van der Waals surface area contributed by atoms with Gasteiger partial charge in [-0.15, -0.1) is 0 Å². The van der Waals surface area contributed by atoms with Crippen molar-refractivity contribution in [3.63, 3.8) is 0 Å². The summed E-state index contributed by atoms with van der Waals surface area (Å²) >= 11 is 18.8. The molecule has 0 unspecified atom stereocenters. The number of benzene rings is 2. The van der Waals surface area contributed by atoms with Crippen LogP contribution in [0.1, 0.15) is 81.6 Å². The van der Waals surface area contributed by atoms with Gasteiger partial charge in [0.25, 0.3) is 15.9 Å². The molecule has 3 heterocycles. The normalized spacial score (nSPS) is 22.2. The van der Waals surface area contributed by atoms with Gasteiger partial charge in [0.2, 0.25) is 5.88 Å². The standard InChI is InChI=1S/C44H50Cl3FN6O6S/c1-42(2)11-10-29(35(23-42)28-4-6-30(45)7-5-28)26-53-16-18-54(19-17-53)31-8-9-34(38(20-31)60-32-21-36(46)39(49)50-24-32)40(55)52-61(57,58)33-22-37(47)41(51-25-33)59-27-44(48)14-12-43(3,56)13-15-44/h4-9,20-22,24-25,56H,10-19,23,26-27H2,1-3H3,(H2,49,50)(H,52,55). The Balaban J connectivity index is 1.06. The number of ether oxygens (including phenoxy) is 2. The van der Waals surface area contributed by atoms with Crippen molar-refractivity contribution < 1.29 is 32.2 Å². The van der Waals surface area contributed by atoms with Crippen LogP contribution in [-0.4, -0.2) is 84.9 Å². The molecule has 4 aromatic rings. The van der Waals surface area contributed by atoms with Gasteiger partial charge in [0, 0.05) is 55.6 Å². The lowest BCUT2D eigenvalue weighted by molar-refractivity contribution is -0.0483. The topological polar surface area (TPSA) is 160 Å². The SMILES string of the molecule is CC1(C)CCC(CN2CCN(c3ccc(C(=O)NS(=O)(=O)c4cnc(OCC5(F)CCC(C)(O)CC5)c(Cl)c4)c(Oc4cnc(N)c(Cl)c4)c3)CC2)=C(c2ccc(Cl)cc2)C1. The molecule has 0 spiro atoms. The van der Waals surface area contributed by atoms with Crippen molar-refractivity contribution in [1.82, 2.24) is 19.6 Å². The number of nitrogens with one attached hydrogen (secondary N) is 1. The fraction of sp³-hybridized carbons (Fsp3) is 0.432. The van der Waals surface area contributed by atoms with Crippen LogP contribution in [0, 0.1) is 5.41 Å². The maximum atomic E-state index is 15.3. The van der Waals surface area contributed by atoms with Crippen LogP contribution < -0.4 is 24.8 Å². The predicted molar refractivity (Wildman–Crippen MR) is 237 cm³/mol. The van der Waals surface area contributed by atoms with Gasteiger partial charge >= 0.3 is 0 Å². The highest BCUT2D eigenvalue weighted by Gasteiger charge is 2.41. The van der Waals surface area contributed by atoms with Crippen LogP contribution in [-0.2, 0) is 10.0 Å². The van der Waals surface area contributed by atoms with Gasteiger partial charge in [-0.05, 0) is 98.8 Å². The monoisotopic (exact) mass is 914 g/mol. The number of hydrogen-bond donors (Lipinski definition) is 3. The molecule has 1 amide bonds. The summed E-state index contributed by atoms with van der Waals surface area (Å²) in [4.78, 5) is 26.1. The molecule has 1 saturated carbocycles. The van der Waals surface area contributed by atoms with E-state index in [0.29, 0.717) is 13.1 Å². The first-order chi connectivity index (χ1) is 28.8. The molecule has 2 aromatic carbocycles. The fourth-order valence-corrected chi connectivity index (χ4v) is 9.47. The highest BCUT2D eigenvalue weighted by atomic mass is 35.5. The fourth-order valence-electron chi connectivity index (χ4n) is 7.97. The molecule has 2 aromatic heterocycles. The number of halogens is 4. The lowest BCUT2D eigenvalue weighted by atomic mass is 9.72. The van der Waals surface area contributed by atoms with E-state index in [1.165, 1.54) is 35.0 Å². The third-order valence-corrected chi connectivity index (χ3v) is 13.9. The zero-order valence-electron chi connectivity index (χ0n) is 34.3. The molecule has 0 bridgehead atoms. The van der Waals surface area contributed by atoms with Crippen LogP contribution in [0.15, 0.2) is 77.5 Å². The number of amides is 1. The molecule has 2 aliphatic carbocycles. The van der Waals surface area contributed by atoms with Gasteiger partial charge in [-0.2, -0.15) is 0 Å². The van der Waals surface area contributed by atoms with Crippen LogP contribution in [0.5, 0.6) is 17.4 Å². The number of nitrogen functional groups attached to an aromatic ring is 1. The molecule has 0 atom stereocenters. The second kappa shape index (κ2) is 17.9. The Bertz CT molecular complexity index is 2420. The van der Waals surface area contributed by atoms with E-state index in [-0.39, 0.29) is 76.5 Å². The second-order valence-corrected chi connectivity index (χ2v) is 20.3. The highest BCUT2D eigenvalue weighted by molar-refractivity contribution is 7.90. The number of nitrogens with zero attached hydrogens (tertiary/aromatic N) is 4. The lowest BCUT2D eigenvalue weighted by Crippen LogP contribution is -2.47. The van der Waals surface area contributed by atoms with E-state index in [2.05, 4.69) is 50.5 Å². The molecule has 17 heteroatoms. The van der Waals surface area contributed by atoms with E-state index in [0.717, 1.165) is 61.9 Å². The number of piperazine rings is 1. The molecule has 7 rings (SSSR count). The molecule has 0 radical (unpaired) electrons. The Morgan fingerprint density at radius 3 is 2.30 bits per heavy atom. The van der Waals surface area contributed by atoms with Gasteiger partial charge in [0.1, 0.15) is 39.5 Å². The first kappa shape index (κ1) is 44.9. The minimum Gasteiger partial charge on any atom is -0.473 e. The summed E-state index contributed by atoms with van der Waals surface area (Å²) in [6.45, 7) is 9.81. The number of allylic oxidation sites excluding steroid dienone is 1. The smallest absolute Gasteiger partial charge is 0.268 e. The number of alkyl halides is 1. The summed E-state index contributed by atoms with van der Waals surface area (Å²) in [6, 6.07) is 15.6.